The molecule has 126 valence electrons. The SMILES string of the molecule is COc1ccc(C(=O)O[C@@H](C)C(=O)N2CCCC2)c2ccccc12. The molecule has 0 spiro atoms. The molecule has 0 aromatic heterocycles. The van der Waals surface area contributed by atoms with Crippen molar-refractivity contribution in [3.63, 3.8) is 0 Å². The van der Waals surface area contributed by atoms with E-state index in [0.717, 1.165) is 36.7 Å². The van der Waals surface area contributed by atoms with Gasteiger partial charge in [0, 0.05) is 18.5 Å². The lowest BCUT2D eigenvalue weighted by atomic mass is 10.0. The van der Waals surface area contributed by atoms with Crippen LogP contribution < -0.4 is 4.74 Å². The minimum atomic E-state index is -0.781. The number of nitrogens with zero attached hydrogens (tertiary/aromatic N) is 1. The Bertz CT molecular complexity index is 765. The molecule has 5 nitrogen and oxygen atoms in total. The first-order valence-electron chi connectivity index (χ1n) is 8.17. The van der Waals surface area contributed by atoms with Crippen LogP contribution in [0.2, 0.25) is 0 Å². The Morgan fingerprint density at radius 2 is 1.71 bits per heavy atom. The molecule has 5 heteroatoms. The van der Waals surface area contributed by atoms with Gasteiger partial charge in [-0.25, -0.2) is 4.79 Å². The maximum Gasteiger partial charge on any atom is 0.339 e. The van der Waals surface area contributed by atoms with Crippen LogP contribution in [0.1, 0.15) is 30.1 Å². The van der Waals surface area contributed by atoms with Crippen molar-refractivity contribution in [2.45, 2.75) is 25.9 Å². The van der Waals surface area contributed by atoms with Gasteiger partial charge in [0.15, 0.2) is 6.10 Å². The van der Waals surface area contributed by atoms with E-state index in [1.807, 2.05) is 24.3 Å². The van der Waals surface area contributed by atoms with E-state index in [1.54, 1.807) is 31.1 Å². The van der Waals surface area contributed by atoms with Gasteiger partial charge in [-0.05, 0) is 37.3 Å². The number of rotatable bonds is 4. The molecule has 0 N–H and O–H groups in total. The predicted octanol–water partition coefficient (Wildman–Crippen LogP) is 3.02. The zero-order chi connectivity index (χ0) is 17.1. The van der Waals surface area contributed by atoms with E-state index in [1.165, 1.54) is 0 Å². The van der Waals surface area contributed by atoms with Crippen LogP contribution in [0.3, 0.4) is 0 Å². The van der Waals surface area contributed by atoms with Crippen molar-refractivity contribution in [2.24, 2.45) is 0 Å². The van der Waals surface area contributed by atoms with Crippen molar-refractivity contribution < 1.29 is 19.1 Å². The Balaban J connectivity index is 1.82. The molecule has 0 aliphatic carbocycles. The van der Waals surface area contributed by atoms with E-state index in [4.69, 9.17) is 9.47 Å². The van der Waals surface area contributed by atoms with Gasteiger partial charge in [0.1, 0.15) is 5.75 Å². The Labute approximate surface area is 141 Å². The summed E-state index contributed by atoms with van der Waals surface area (Å²) in [5.41, 5.74) is 0.437. The van der Waals surface area contributed by atoms with Crippen molar-refractivity contribution in [3.05, 3.63) is 42.0 Å². The summed E-state index contributed by atoms with van der Waals surface area (Å²) in [6.45, 7) is 3.11. The number of carbonyl (C=O) groups excluding carboxylic acids is 2. The van der Waals surface area contributed by atoms with E-state index in [2.05, 4.69) is 0 Å². The summed E-state index contributed by atoms with van der Waals surface area (Å²) in [5, 5.41) is 1.59. The van der Waals surface area contributed by atoms with Gasteiger partial charge in [0.25, 0.3) is 5.91 Å². The molecular formula is C19H21NO4. The molecule has 1 aliphatic rings. The molecule has 0 radical (unpaired) electrons. The highest BCUT2D eigenvalue weighted by molar-refractivity contribution is 6.06. The Morgan fingerprint density at radius 1 is 1.04 bits per heavy atom. The number of likely N-dealkylation sites (tertiary alicyclic amines) is 1. The second-order valence-corrected chi connectivity index (χ2v) is 5.94. The molecule has 0 unspecified atom stereocenters. The van der Waals surface area contributed by atoms with E-state index in [-0.39, 0.29) is 5.91 Å². The van der Waals surface area contributed by atoms with Crippen LogP contribution in [0.4, 0.5) is 0 Å². The molecule has 0 saturated carbocycles. The fourth-order valence-electron chi connectivity index (χ4n) is 3.10. The van der Waals surface area contributed by atoms with E-state index in [9.17, 15) is 9.59 Å². The Kier molecular flexibility index (Phi) is 4.69. The number of hydrogen-bond donors (Lipinski definition) is 0. The third-order valence-electron chi connectivity index (χ3n) is 4.37. The third kappa shape index (κ3) is 3.07. The zero-order valence-corrected chi connectivity index (χ0v) is 14.0. The number of fused-ring (bicyclic) bond motifs is 1. The van der Waals surface area contributed by atoms with Gasteiger partial charge in [-0.15, -0.1) is 0 Å². The van der Waals surface area contributed by atoms with E-state index >= 15 is 0 Å². The number of amides is 1. The number of ether oxygens (including phenoxy) is 2. The van der Waals surface area contributed by atoms with Gasteiger partial charge < -0.3 is 14.4 Å². The predicted molar refractivity (Wildman–Crippen MR) is 91.2 cm³/mol. The summed E-state index contributed by atoms with van der Waals surface area (Å²) in [6, 6.07) is 10.9. The molecule has 1 heterocycles. The number of carbonyl (C=O) groups is 2. The molecule has 1 atom stereocenters. The lowest BCUT2D eigenvalue weighted by Gasteiger charge is -2.20. The van der Waals surface area contributed by atoms with Gasteiger partial charge in [0.2, 0.25) is 0 Å². The third-order valence-corrected chi connectivity index (χ3v) is 4.37. The second-order valence-electron chi connectivity index (χ2n) is 5.94. The van der Waals surface area contributed by atoms with Crippen molar-refractivity contribution in [1.29, 1.82) is 0 Å². The summed E-state index contributed by atoms with van der Waals surface area (Å²) < 4.78 is 10.8. The molecule has 3 rings (SSSR count). The number of methoxy groups -OCH3 is 1. The molecule has 1 saturated heterocycles. The number of esters is 1. The normalized spacial score (nSPS) is 15.3. The van der Waals surface area contributed by atoms with Gasteiger partial charge in [-0.3, -0.25) is 4.79 Å². The molecule has 0 bridgehead atoms. The van der Waals surface area contributed by atoms with Crippen LogP contribution in [-0.4, -0.2) is 43.1 Å². The second kappa shape index (κ2) is 6.91. The van der Waals surface area contributed by atoms with Crippen LogP contribution in [0.25, 0.3) is 10.8 Å². The number of hydrogen-bond acceptors (Lipinski definition) is 4. The molecule has 1 amide bonds. The Morgan fingerprint density at radius 3 is 2.38 bits per heavy atom. The largest absolute Gasteiger partial charge is 0.496 e. The summed E-state index contributed by atoms with van der Waals surface area (Å²) in [5.74, 6) is 0.0795. The lowest BCUT2D eigenvalue weighted by Crippen LogP contribution is -2.38. The van der Waals surface area contributed by atoms with E-state index < -0.39 is 12.1 Å². The summed E-state index contributed by atoms with van der Waals surface area (Å²) in [7, 11) is 1.59. The van der Waals surface area contributed by atoms with Crippen LogP contribution >= 0.6 is 0 Å². The van der Waals surface area contributed by atoms with Gasteiger partial charge in [0.05, 0.1) is 12.7 Å². The quantitative estimate of drug-likeness (QED) is 0.810. The first-order chi connectivity index (χ1) is 11.6. The highest BCUT2D eigenvalue weighted by Gasteiger charge is 2.26. The van der Waals surface area contributed by atoms with E-state index in [0.29, 0.717) is 11.3 Å². The molecular weight excluding hydrogens is 306 g/mol. The first-order valence-corrected chi connectivity index (χ1v) is 8.17. The molecule has 2 aromatic carbocycles. The van der Waals surface area contributed by atoms with Crippen LogP contribution in [-0.2, 0) is 9.53 Å². The van der Waals surface area contributed by atoms with Crippen molar-refractivity contribution in [1.82, 2.24) is 4.90 Å². The van der Waals surface area contributed by atoms with Crippen LogP contribution in [0.15, 0.2) is 36.4 Å². The monoisotopic (exact) mass is 327 g/mol. The van der Waals surface area contributed by atoms with Crippen molar-refractivity contribution >= 4 is 22.6 Å². The molecule has 2 aromatic rings. The van der Waals surface area contributed by atoms with Gasteiger partial charge in [-0.2, -0.15) is 0 Å². The standard InChI is InChI=1S/C19H21NO4/c1-13(18(21)20-11-5-6-12-20)24-19(22)16-9-10-17(23-2)15-8-4-3-7-14(15)16/h3-4,7-10,13H,5-6,11-12H2,1-2H3/t13-/m0/s1. The minimum absolute atomic E-state index is 0.126. The topological polar surface area (TPSA) is 55.8 Å². The smallest absolute Gasteiger partial charge is 0.339 e. The van der Waals surface area contributed by atoms with Crippen molar-refractivity contribution in [3.8, 4) is 5.75 Å². The average molecular weight is 327 g/mol. The highest BCUT2D eigenvalue weighted by Crippen LogP contribution is 2.29. The fraction of sp³-hybridized carbons (Fsp3) is 0.368. The molecule has 24 heavy (non-hydrogen) atoms. The maximum atomic E-state index is 12.6. The molecule has 1 fully saturated rings. The van der Waals surface area contributed by atoms with Crippen molar-refractivity contribution in [2.75, 3.05) is 20.2 Å². The zero-order valence-electron chi connectivity index (χ0n) is 14.0. The van der Waals surface area contributed by atoms with Crippen LogP contribution in [0.5, 0.6) is 5.75 Å². The Hall–Kier alpha value is -2.56. The van der Waals surface area contributed by atoms with Gasteiger partial charge in [-0.1, -0.05) is 24.3 Å². The summed E-state index contributed by atoms with van der Waals surface area (Å²) in [6.07, 6.45) is 1.24. The number of benzene rings is 2. The summed E-state index contributed by atoms with van der Waals surface area (Å²) >= 11 is 0. The molecule has 1 aliphatic heterocycles. The first kappa shape index (κ1) is 16.3. The lowest BCUT2D eigenvalue weighted by molar-refractivity contribution is -0.138. The fourth-order valence-corrected chi connectivity index (χ4v) is 3.10. The minimum Gasteiger partial charge on any atom is -0.496 e. The summed E-state index contributed by atoms with van der Waals surface area (Å²) in [4.78, 5) is 26.6. The highest BCUT2D eigenvalue weighted by atomic mass is 16.5. The van der Waals surface area contributed by atoms with Gasteiger partial charge >= 0.3 is 5.97 Å². The maximum absolute atomic E-state index is 12.6. The average Bonchev–Trinajstić information content (AvgIpc) is 3.14. The van der Waals surface area contributed by atoms with Crippen LogP contribution in [0, 0.1) is 0 Å².